The van der Waals surface area contributed by atoms with Crippen molar-refractivity contribution in [2.24, 2.45) is 5.92 Å². The topological polar surface area (TPSA) is 58.0 Å². The number of carbonyl (C=O) groups is 2. The van der Waals surface area contributed by atoms with Gasteiger partial charge in [-0.2, -0.15) is 0 Å². The van der Waals surface area contributed by atoms with Gasteiger partial charge in [-0.05, 0) is 36.4 Å². The molecule has 0 aromatic heterocycles. The van der Waals surface area contributed by atoms with E-state index >= 15 is 0 Å². The first-order chi connectivity index (χ1) is 8.99. The molecule has 0 heterocycles. The zero-order chi connectivity index (χ0) is 14.0. The highest BCUT2D eigenvalue weighted by Gasteiger charge is 2.28. The van der Waals surface area contributed by atoms with Crippen molar-refractivity contribution in [2.45, 2.75) is 0 Å². The van der Waals surface area contributed by atoms with Crippen LogP contribution in [0, 0.1) is 11.3 Å². The van der Waals surface area contributed by atoms with Gasteiger partial charge in [0.25, 0.3) is 0 Å². The third-order valence-corrected chi connectivity index (χ3v) is 3.18. The van der Waals surface area contributed by atoms with Gasteiger partial charge in [-0.1, -0.05) is 29.3 Å². The summed E-state index contributed by atoms with van der Waals surface area (Å²) in [6.45, 7) is 0. The molecule has 1 N–H and O–H groups in total. The number of hydrogen-bond acceptors (Lipinski definition) is 3. The second-order valence-corrected chi connectivity index (χ2v) is 4.89. The van der Waals surface area contributed by atoms with Crippen molar-refractivity contribution in [1.29, 1.82) is 5.41 Å². The summed E-state index contributed by atoms with van der Waals surface area (Å²) < 4.78 is 0. The number of ketones is 2. The number of allylic oxidation sites excluding steroid dienone is 4. The van der Waals surface area contributed by atoms with Crippen LogP contribution in [0.4, 0.5) is 0 Å². The van der Waals surface area contributed by atoms with E-state index in [2.05, 4.69) is 0 Å². The van der Waals surface area contributed by atoms with Crippen LogP contribution in [-0.4, -0.2) is 17.3 Å². The summed E-state index contributed by atoms with van der Waals surface area (Å²) >= 11 is 11.4. The van der Waals surface area contributed by atoms with Crippen molar-refractivity contribution < 1.29 is 9.59 Å². The van der Waals surface area contributed by atoms with Gasteiger partial charge in [-0.3, -0.25) is 9.59 Å². The number of Topliss-reactive ketones (excluding diaryl/α,β-unsaturated/α-hetero) is 2. The maximum atomic E-state index is 12.1. The largest absolute Gasteiger partial charge is 0.304 e. The number of benzene rings is 1. The summed E-state index contributed by atoms with van der Waals surface area (Å²) in [5.41, 5.74) is 0.274. The Bertz CT molecular complexity index is 615. The summed E-state index contributed by atoms with van der Waals surface area (Å²) in [6, 6.07) is 6.06. The molecule has 1 aliphatic carbocycles. The van der Waals surface area contributed by atoms with E-state index in [1.54, 1.807) is 12.1 Å². The zero-order valence-electron chi connectivity index (χ0n) is 9.69. The Morgan fingerprint density at radius 2 is 1.74 bits per heavy atom. The predicted octanol–water partition coefficient (Wildman–Crippen LogP) is 3.42. The highest BCUT2D eigenvalue weighted by atomic mass is 35.5. The lowest BCUT2D eigenvalue weighted by Crippen LogP contribution is -2.28. The Kier molecular flexibility index (Phi) is 3.98. The summed E-state index contributed by atoms with van der Waals surface area (Å²) in [5.74, 6) is -2.16. The molecule has 96 valence electrons. The first-order valence-corrected chi connectivity index (χ1v) is 6.22. The van der Waals surface area contributed by atoms with Gasteiger partial charge in [-0.15, -0.1) is 0 Å². The molecule has 0 saturated heterocycles. The van der Waals surface area contributed by atoms with Crippen molar-refractivity contribution in [2.75, 3.05) is 0 Å². The highest BCUT2D eigenvalue weighted by Crippen LogP contribution is 2.19. The van der Waals surface area contributed by atoms with Crippen LogP contribution in [-0.2, 0) is 4.79 Å². The fourth-order valence-electron chi connectivity index (χ4n) is 1.69. The van der Waals surface area contributed by atoms with E-state index in [0.29, 0.717) is 10.1 Å². The van der Waals surface area contributed by atoms with E-state index in [9.17, 15) is 9.59 Å². The van der Waals surface area contributed by atoms with Crippen LogP contribution in [0.2, 0.25) is 5.02 Å². The van der Waals surface area contributed by atoms with Crippen molar-refractivity contribution in [3.05, 3.63) is 58.1 Å². The fourth-order valence-corrected chi connectivity index (χ4v) is 2.01. The Hall–Kier alpha value is -1.71. The van der Waals surface area contributed by atoms with E-state index in [1.165, 1.54) is 30.4 Å². The molecule has 19 heavy (non-hydrogen) atoms. The third-order valence-electron chi connectivity index (χ3n) is 2.69. The molecule has 1 aromatic rings. The summed E-state index contributed by atoms with van der Waals surface area (Å²) in [6.07, 6.45) is 4.33. The van der Waals surface area contributed by atoms with E-state index in [1.807, 2.05) is 0 Å². The minimum absolute atomic E-state index is 0.0137. The summed E-state index contributed by atoms with van der Waals surface area (Å²) in [5, 5.41) is 8.55. The molecule has 5 heteroatoms. The maximum absolute atomic E-state index is 12.1. The summed E-state index contributed by atoms with van der Waals surface area (Å²) in [7, 11) is 0. The van der Waals surface area contributed by atoms with Crippen molar-refractivity contribution >= 4 is 40.5 Å². The van der Waals surface area contributed by atoms with Gasteiger partial charge in [0, 0.05) is 21.3 Å². The molecule has 0 amide bonds. The zero-order valence-corrected chi connectivity index (χ0v) is 11.2. The molecular formula is C14H9Cl2NO2. The van der Waals surface area contributed by atoms with Crippen LogP contribution in [0.15, 0.2) is 47.5 Å². The minimum Gasteiger partial charge on any atom is -0.304 e. The number of nitrogens with one attached hydrogen (secondary N) is 1. The molecular weight excluding hydrogens is 285 g/mol. The van der Waals surface area contributed by atoms with E-state index in [4.69, 9.17) is 28.6 Å². The summed E-state index contributed by atoms with van der Waals surface area (Å²) in [4.78, 5) is 24.1. The van der Waals surface area contributed by atoms with Gasteiger partial charge in [-0.25, -0.2) is 0 Å². The number of carbonyl (C=O) groups excluding carboxylic acids is 2. The second-order valence-electron chi connectivity index (χ2n) is 4.02. The van der Waals surface area contributed by atoms with Gasteiger partial charge >= 0.3 is 0 Å². The van der Waals surface area contributed by atoms with Crippen LogP contribution < -0.4 is 0 Å². The van der Waals surface area contributed by atoms with Crippen LogP contribution in [0.3, 0.4) is 0 Å². The molecule has 0 bridgehead atoms. The molecule has 2 rings (SSSR count). The standard InChI is InChI=1S/C14H9Cl2NO2/c15-9-3-1-8(2-4-9)13(18)14(19)11-6-5-10(16)7-12(11)17/h1-7,11,17H. The van der Waals surface area contributed by atoms with Crippen LogP contribution >= 0.6 is 23.2 Å². The van der Waals surface area contributed by atoms with Gasteiger partial charge in [0.15, 0.2) is 0 Å². The average Bonchev–Trinajstić information content (AvgIpc) is 2.38. The smallest absolute Gasteiger partial charge is 0.229 e. The van der Waals surface area contributed by atoms with Crippen LogP contribution in [0.1, 0.15) is 10.4 Å². The predicted molar refractivity (Wildman–Crippen MR) is 75.1 cm³/mol. The second kappa shape index (κ2) is 5.51. The van der Waals surface area contributed by atoms with Gasteiger partial charge < -0.3 is 5.41 Å². The van der Waals surface area contributed by atoms with Crippen molar-refractivity contribution in [1.82, 2.24) is 0 Å². The van der Waals surface area contributed by atoms with Crippen molar-refractivity contribution in [3.8, 4) is 0 Å². The molecule has 0 fully saturated rings. The number of halogens is 2. The van der Waals surface area contributed by atoms with Gasteiger partial charge in [0.1, 0.15) is 0 Å². The molecule has 3 nitrogen and oxygen atoms in total. The lowest BCUT2D eigenvalue weighted by Gasteiger charge is -2.13. The first kappa shape index (κ1) is 13.7. The molecule has 1 atom stereocenters. The lowest BCUT2D eigenvalue weighted by molar-refractivity contribution is -0.115. The molecule has 1 unspecified atom stereocenters. The molecule has 0 saturated carbocycles. The Labute approximate surface area is 120 Å². The SMILES string of the molecule is N=C1C=C(Cl)C=CC1C(=O)C(=O)c1ccc(Cl)cc1. The molecule has 1 aliphatic rings. The van der Waals surface area contributed by atoms with E-state index < -0.39 is 17.5 Å². The quantitative estimate of drug-likeness (QED) is 0.686. The minimum atomic E-state index is -0.870. The maximum Gasteiger partial charge on any atom is 0.229 e. The number of rotatable bonds is 3. The van der Waals surface area contributed by atoms with Gasteiger partial charge in [0.2, 0.25) is 11.6 Å². The monoisotopic (exact) mass is 293 g/mol. The fraction of sp³-hybridized carbons (Fsp3) is 0.0714. The molecule has 1 aromatic carbocycles. The lowest BCUT2D eigenvalue weighted by atomic mass is 9.90. The Morgan fingerprint density at radius 3 is 2.32 bits per heavy atom. The van der Waals surface area contributed by atoms with Gasteiger partial charge in [0.05, 0.1) is 5.92 Å². The third kappa shape index (κ3) is 3.00. The van der Waals surface area contributed by atoms with E-state index in [-0.39, 0.29) is 11.3 Å². The highest BCUT2D eigenvalue weighted by molar-refractivity contribution is 6.48. The first-order valence-electron chi connectivity index (χ1n) is 5.47. The number of hydrogen-bond donors (Lipinski definition) is 1. The van der Waals surface area contributed by atoms with Crippen LogP contribution in [0.5, 0.6) is 0 Å². The molecule has 0 aliphatic heterocycles. The molecule has 0 spiro atoms. The average molecular weight is 294 g/mol. The van der Waals surface area contributed by atoms with E-state index in [0.717, 1.165) is 0 Å². The Morgan fingerprint density at radius 1 is 1.11 bits per heavy atom. The normalized spacial score (nSPS) is 18.1. The Balaban J connectivity index is 2.21. The van der Waals surface area contributed by atoms with Crippen LogP contribution in [0.25, 0.3) is 0 Å². The molecule has 0 radical (unpaired) electrons. The van der Waals surface area contributed by atoms with Crippen molar-refractivity contribution in [3.63, 3.8) is 0 Å².